The number of fused-ring (bicyclic) bond motifs is 1. The van der Waals surface area contributed by atoms with Gasteiger partial charge in [0, 0.05) is 61.6 Å². The van der Waals surface area contributed by atoms with Crippen LogP contribution in [0.2, 0.25) is 0 Å². The summed E-state index contributed by atoms with van der Waals surface area (Å²) in [6, 6.07) is 10.2. The molecule has 2 saturated carbocycles. The molecule has 5 nitrogen and oxygen atoms in total. The van der Waals surface area contributed by atoms with Crippen molar-refractivity contribution in [1.82, 2.24) is 15.1 Å². The van der Waals surface area contributed by atoms with Gasteiger partial charge in [-0.2, -0.15) is 0 Å². The fraction of sp³-hybridized carbons (Fsp3) is 0.654. The molecule has 2 amide bonds. The van der Waals surface area contributed by atoms with Crippen LogP contribution >= 0.6 is 11.3 Å². The Labute approximate surface area is 196 Å². The van der Waals surface area contributed by atoms with Gasteiger partial charge in [0.2, 0.25) is 0 Å². The number of carbonyl (C=O) groups is 1. The van der Waals surface area contributed by atoms with E-state index in [2.05, 4.69) is 44.8 Å². The third kappa shape index (κ3) is 4.91. The van der Waals surface area contributed by atoms with Gasteiger partial charge in [-0.1, -0.05) is 6.07 Å². The van der Waals surface area contributed by atoms with E-state index in [-0.39, 0.29) is 6.03 Å². The van der Waals surface area contributed by atoms with Crippen LogP contribution < -0.4 is 10.2 Å². The molecule has 3 fully saturated rings. The summed E-state index contributed by atoms with van der Waals surface area (Å²) in [5, 5.41) is 6.85. The standard InChI is InChI=1S/C26H38N4OS/c1-28(2)26(31)27-21-10-6-19(7-11-21)12-14-29-15-16-30(24(18-29)20-8-9-20)23-4-3-5-25-22(23)13-17-32-25/h3-5,13,17,19-21,24H,6-12,14-16,18H2,1-2H3,(H,27,31)/t19-,21-,24?. The van der Waals surface area contributed by atoms with Gasteiger partial charge in [0.15, 0.2) is 0 Å². The van der Waals surface area contributed by atoms with Crippen molar-refractivity contribution in [3.8, 4) is 0 Å². The third-order valence-electron chi connectivity index (χ3n) is 7.89. The number of hydrogen-bond donors (Lipinski definition) is 1. The number of benzene rings is 1. The smallest absolute Gasteiger partial charge is 0.317 e. The molecule has 1 aromatic carbocycles. The van der Waals surface area contributed by atoms with Crippen LogP contribution in [0.15, 0.2) is 29.6 Å². The summed E-state index contributed by atoms with van der Waals surface area (Å²) < 4.78 is 1.41. The van der Waals surface area contributed by atoms with Crippen molar-refractivity contribution in [2.75, 3.05) is 45.2 Å². The van der Waals surface area contributed by atoms with Crippen LogP contribution in [0.3, 0.4) is 0 Å². The second-order valence-electron chi connectivity index (χ2n) is 10.4. The fourth-order valence-electron chi connectivity index (χ4n) is 5.75. The Hall–Kier alpha value is -1.79. The topological polar surface area (TPSA) is 38.8 Å². The van der Waals surface area contributed by atoms with Crippen LogP contribution in [0.4, 0.5) is 10.5 Å². The van der Waals surface area contributed by atoms with Gasteiger partial charge in [-0.15, -0.1) is 11.3 Å². The zero-order chi connectivity index (χ0) is 22.1. The van der Waals surface area contributed by atoms with Gasteiger partial charge in [-0.25, -0.2) is 4.79 Å². The molecule has 0 radical (unpaired) electrons. The Balaban J connectivity index is 1.13. The summed E-state index contributed by atoms with van der Waals surface area (Å²) in [5.41, 5.74) is 1.46. The first kappa shape index (κ1) is 22.0. The maximum Gasteiger partial charge on any atom is 0.317 e. The average molecular weight is 455 g/mol. The molecule has 0 bridgehead atoms. The normalized spacial score (nSPS) is 26.9. The Bertz CT molecular complexity index is 915. The van der Waals surface area contributed by atoms with E-state index in [1.807, 2.05) is 25.4 Å². The molecule has 1 N–H and O–H groups in total. The number of anilines is 1. The predicted octanol–water partition coefficient (Wildman–Crippen LogP) is 5.02. The molecule has 32 heavy (non-hydrogen) atoms. The van der Waals surface area contributed by atoms with Crippen LogP contribution in [0, 0.1) is 11.8 Å². The Kier molecular flexibility index (Phi) is 6.61. The highest BCUT2D eigenvalue weighted by atomic mass is 32.1. The van der Waals surface area contributed by atoms with E-state index in [9.17, 15) is 4.79 Å². The van der Waals surface area contributed by atoms with Crippen molar-refractivity contribution in [3.63, 3.8) is 0 Å². The van der Waals surface area contributed by atoms with Crippen LogP contribution in [0.25, 0.3) is 10.1 Å². The number of amides is 2. The maximum atomic E-state index is 11.9. The first-order valence-corrected chi connectivity index (χ1v) is 13.4. The molecule has 1 atom stereocenters. The van der Waals surface area contributed by atoms with Crippen molar-refractivity contribution >= 4 is 33.1 Å². The molecule has 1 unspecified atom stereocenters. The zero-order valence-corrected chi connectivity index (χ0v) is 20.4. The molecule has 2 heterocycles. The number of urea groups is 1. The van der Waals surface area contributed by atoms with E-state index < -0.39 is 0 Å². The van der Waals surface area contributed by atoms with Gasteiger partial charge >= 0.3 is 6.03 Å². The number of rotatable bonds is 6. The second kappa shape index (κ2) is 9.60. The lowest BCUT2D eigenvalue weighted by Crippen LogP contribution is -2.54. The molecule has 3 aliphatic rings. The largest absolute Gasteiger partial charge is 0.365 e. The molecule has 5 rings (SSSR count). The first-order valence-electron chi connectivity index (χ1n) is 12.5. The molecule has 1 aromatic heterocycles. The van der Waals surface area contributed by atoms with Crippen LogP contribution in [-0.4, -0.2) is 68.2 Å². The fourth-order valence-corrected chi connectivity index (χ4v) is 6.56. The zero-order valence-electron chi connectivity index (χ0n) is 19.6. The van der Waals surface area contributed by atoms with E-state index in [0.717, 1.165) is 31.2 Å². The Morgan fingerprint density at radius 2 is 1.91 bits per heavy atom. The number of piperazine rings is 1. The van der Waals surface area contributed by atoms with Crippen LogP contribution in [0.1, 0.15) is 44.9 Å². The molecular formula is C26H38N4OS. The lowest BCUT2D eigenvalue weighted by Gasteiger charge is -2.44. The summed E-state index contributed by atoms with van der Waals surface area (Å²) in [4.78, 5) is 19.0. The second-order valence-corrected chi connectivity index (χ2v) is 11.3. The minimum atomic E-state index is 0.0515. The summed E-state index contributed by atoms with van der Waals surface area (Å²) in [7, 11) is 3.63. The van der Waals surface area contributed by atoms with Crippen LogP contribution in [0.5, 0.6) is 0 Å². The SMILES string of the molecule is CN(C)C(=O)N[C@H]1CC[C@H](CCN2CCN(c3cccc4sccc34)C(C3CC3)C2)CC1. The number of carbonyl (C=O) groups excluding carboxylic acids is 1. The van der Waals surface area contributed by atoms with E-state index >= 15 is 0 Å². The molecule has 6 heteroatoms. The lowest BCUT2D eigenvalue weighted by molar-refractivity contribution is 0.180. The molecule has 1 aliphatic heterocycles. The maximum absolute atomic E-state index is 11.9. The van der Waals surface area contributed by atoms with Gasteiger partial charge in [0.05, 0.1) is 0 Å². The first-order chi connectivity index (χ1) is 15.6. The number of nitrogens with zero attached hydrogens (tertiary/aromatic N) is 3. The molecule has 174 valence electrons. The van der Waals surface area contributed by atoms with Crippen molar-refractivity contribution in [1.29, 1.82) is 0 Å². The van der Waals surface area contributed by atoms with Gasteiger partial charge in [-0.3, -0.25) is 4.90 Å². The molecule has 2 aliphatic carbocycles. The van der Waals surface area contributed by atoms with Gasteiger partial charge in [0.25, 0.3) is 0 Å². The van der Waals surface area contributed by atoms with Crippen molar-refractivity contribution in [3.05, 3.63) is 29.6 Å². The Morgan fingerprint density at radius 1 is 1.09 bits per heavy atom. The minimum absolute atomic E-state index is 0.0515. The van der Waals surface area contributed by atoms with E-state index in [4.69, 9.17) is 0 Å². The summed E-state index contributed by atoms with van der Waals surface area (Å²) in [6.07, 6.45) is 8.89. The van der Waals surface area contributed by atoms with Crippen molar-refractivity contribution in [2.45, 2.75) is 57.0 Å². The van der Waals surface area contributed by atoms with Crippen molar-refractivity contribution < 1.29 is 4.79 Å². The molecular weight excluding hydrogens is 416 g/mol. The van der Waals surface area contributed by atoms with Gasteiger partial charge in [-0.05, 0) is 86.9 Å². The predicted molar refractivity (Wildman–Crippen MR) is 135 cm³/mol. The molecule has 1 saturated heterocycles. The number of nitrogens with one attached hydrogen (secondary N) is 1. The molecule has 2 aromatic rings. The number of thiophene rings is 1. The Morgan fingerprint density at radius 3 is 2.66 bits per heavy atom. The van der Waals surface area contributed by atoms with Crippen molar-refractivity contribution in [2.24, 2.45) is 11.8 Å². The highest BCUT2D eigenvalue weighted by Crippen LogP contribution is 2.41. The lowest BCUT2D eigenvalue weighted by atomic mass is 9.84. The summed E-state index contributed by atoms with van der Waals surface area (Å²) in [6.45, 7) is 4.79. The van der Waals surface area contributed by atoms with E-state index in [0.29, 0.717) is 12.1 Å². The highest BCUT2D eigenvalue weighted by Gasteiger charge is 2.39. The third-order valence-corrected chi connectivity index (χ3v) is 8.77. The van der Waals surface area contributed by atoms with E-state index in [1.165, 1.54) is 67.5 Å². The van der Waals surface area contributed by atoms with E-state index in [1.54, 1.807) is 4.90 Å². The quantitative estimate of drug-likeness (QED) is 0.666. The minimum Gasteiger partial charge on any atom is -0.365 e. The van der Waals surface area contributed by atoms with Gasteiger partial charge < -0.3 is 15.1 Å². The monoisotopic (exact) mass is 454 g/mol. The highest BCUT2D eigenvalue weighted by molar-refractivity contribution is 7.17. The summed E-state index contributed by atoms with van der Waals surface area (Å²) in [5.74, 6) is 1.70. The molecule has 0 spiro atoms. The summed E-state index contributed by atoms with van der Waals surface area (Å²) >= 11 is 1.86. The van der Waals surface area contributed by atoms with Crippen LogP contribution in [-0.2, 0) is 0 Å². The average Bonchev–Trinajstić information content (AvgIpc) is 3.54. The number of hydrogen-bond acceptors (Lipinski definition) is 4. The van der Waals surface area contributed by atoms with Gasteiger partial charge in [0.1, 0.15) is 0 Å².